The highest BCUT2D eigenvalue weighted by Crippen LogP contribution is 1.96. The molecule has 0 amide bonds. The van der Waals surface area contributed by atoms with Gasteiger partial charge in [0.1, 0.15) is 0 Å². The molecule has 0 saturated heterocycles. The average molecular weight is 152 g/mol. The van der Waals surface area contributed by atoms with Gasteiger partial charge >= 0.3 is 0 Å². The molecule has 0 unspecified atom stereocenters. The zero-order chi connectivity index (χ0) is 8.69. The van der Waals surface area contributed by atoms with Crippen molar-refractivity contribution >= 4 is 0 Å². The second kappa shape index (κ2) is 5.59. The van der Waals surface area contributed by atoms with Gasteiger partial charge in [-0.25, -0.2) is 0 Å². The van der Waals surface area contributed by atoms with Crippen LogP contribution in [-0.2, 0) is 0 Å². The highest BCUT2D eigenvalue weighted by atomic mass is 14.8. The van der Waals surface area contributed by atoms with E-state index < -0.39 is 0 Å². The minimum Gasteiger partial charge on any atom is -0.402 e. The van der Waals surface area contributed by atoms with E-state index in [-0.39, 0.29) is 0 Å². The van der Waals surface area contributed by atoms with Crippen LogP contribution < -0.4 is 11.1 Å². The molecule has 0 aromatic rings. The topological polar surface area (TPSA) is 38.0 Å². The number of allylic oxidation sites excluding steroid dienone is 5. The van der Waals surface area contributed by atoms with Crippen LogP contribution in [0, 0.1) is 0 Å². The molecular weight excluding hydrogens is 136 g/mol. The van der Waals surface area contributed by atoms with Crippen LogP contribution >= 0.6 is 0 Å². The van der Waals surface area contributed by atoms with Crippen molar-refractivity contribution in [1.82, 2.24) is 5.32 Å². The van der Waals surface area contributed by atoms with Crippen LogP contribution in [0.3, 0.4) is 0 Å². The van der Waals surface area contributed by atoms with E-state index in [1.165, 1.54) is 0 Å². The largest absolute Gasteiger partial charge is 0.402 e. The van der Waals surface area contributed by atoms with E-state index in [0.29, 0.717) is 0 Å². The molecule has 0 saturated carbocycles. The Morgan fingerprint density at radius 3 is 2.45 bits per heavy atom. The van der Waals surface area contributed by atoms with Crippen LogP contribution in [0.5, 0.6) is 0 Å². The first-order valence-electron chi connectivity index (χ1n) is 3.61. The molecule has 0 radical (unpaired) electrons. The van der Waals surface area contributed by atoms with Crippen molar-refractivity contribution in [3.05, 3.63) is 35.7 Å². The molecule has 0 aliphatic heterocycles. The normalized spacial score (nSPS) is 14.1. The lowest BCUT2D eigenvalue weighted by atomic mass is 10.2. The number of nitrogens with one attached hydrogen (secondary N) is 1. The van der Waals surface area contributed by atoms with Crippen molar-refractivity contribution in [3.63, 3.8) is 0 Å². The summed E-state index contributed by atoms with van der Waals surface area (Å²) in [5.74, 6) is 0. The molecule has 0 aromatic heterocycles. The molecule has 0 bridgehead atoms. The molecular formula is C9H16N2. The van der Waals surface area contributed by atoms with Gasteiger partial charge in [0, 0.05) is 12.7 Å². The van der Waals surface area contributed by atoms with Gasteiger partial charge in [0.25, 0.3) is 0 Å². The molecule has 0 atom stereocenters. The Bertz CT molecular complexity index is 184. The fraction of sp³-hybridized carbons (Fsp3) is 0.333. The van der Waals surface area contributed by atoms with E-state index in [4.69, 9.17) is 5.73 Å². The number of rotatable bonds is 3. The minimum atomic E-state index is 0.830. The molecule has 0 aliphatic carbocycles. The fourth-order valence-electron chi connectivity index (χ4n) is 0.703. The van der Waals surface area contributed by atoms with Gasteiger partial charge in [-0.3, -0.25) is 0 Å². The van der Waals surface area contributed by atoms with E-state index in [1.807, 2.05) is 45.3 Å². The average Bonchev–Trinajstić information content (AvgIpc) is 1.86. The second-order valence-electron chi connectivity index (χ2n) is 2.45. The standard InChI is InChI=1S/C9H16N2/c1-8(7-9(2)10)5-4-6-11-3/h4-7,11H,10H2,1-3H3/b6-4-,8-5+,9-7+. The predicted molar refractivity (Wildman–Crippen MR) is 49.9 cm³/mol. The Balaban J connectivity index is 4.01. The van der Waals surface area contributed by atoms with Gasteiger partial charge in [-0.15, -0.1) is 0 Å². The van der Waals surface area contributed by atoms with Crippen LogP contribution in [-0.4, -0.2) is 7.05 Å². The third-order valence-corrected chi connectivity index (χ3v) is 1.08. The smallest absolute Gasteiger partial charge is 0.00515 e. The molecule has 62 valence electrons. The quantitative estimate of drug-likeness (QED) is 0.602. The van der Waals surface area contributed by atoms with Gasteiger partial charge < -0.3 is 11.1 Å². The highest BCUT2D eigenvalue weighted by Gasteiger charge is 1.79. The molecule has 0 aromatic carbocycles. The maximum absolute atomic E-state index is 5.48. The van der Waals surface area contributed by atoms with Crippen molar-refractivity contribution in [1.29, 1.82) is 0 Å². The minimum absolute atomic E-state index is 0.830. The predicted octanol–water partition coefficient (Wildman–Crippen LogP) is 1.53. The summed E-state index contributed by atoms with van der Waals surface area (Å²) < 4.78 is 0. The maximum atomic E-state index is 5.48. The molecule has 0 rings (SSSR count). The number of hydrogen-bond acceptors (Lipinski definition) is 2. The Morgan fingerprint density at radius 2 is 2.00 bits per heavy atom. The lowest BCUT2D eigenvalue weighted by molar-refractivity contribution is 1.10. The van der Waals surface area contributed by atoms with Crippen LogP contribution in [0.15, 0.2) is 35.7 Å². The molecule has 3 N–H and O–H groups in total. The third kappa shape index (κ3) is 6.71. The van der Waals surface area contributed by atoms with Gasteiger partial charge in [0.05, 0.1) is 0 Å². The molecule has 2 heteroatoms. The molecule has 0 spiro atoms. The lowest BCUT2D eigenvalue weighted by Gasteiger charge is -1.91. The van der Waals surface area contributed by atoms with E-state index in [1.54, 1.807) is 0 Å². The zero-order valence-electron chi connectivity index (χ0n) is 7.39. The van der Waals surface area contributed by atoms with E-state index >= 15 is 0 Å². The highest BCUT2D eigenvalue weighted by molar-refractivity contribution is 5.23. The summed E-state index contributed by atoms with van der Waals surface area (Å²) in [6.07, 6.45) is 7.73. The molecule has 0 heterocycles. The van der Waals surface area contributed by atoms with Gasteiger partial charge in [-0.05, 0) is 37.8 Å². The van der Waals surface area contributed by atoms with Gasteiger partial charge in [0.2, 0.25) is 0 Å². The van der Waals surface area contributed by atoms with E-state index in [9.17, 15) is 0 Å². The van der Waals surface area contributed by atoms with Crippen molar-refractivity contribution < 1.29 is 0 Å². The summed E-state index contributed by atoms with van der Waals surface area (Å²) in [4.78, 5) is 0. The summed E-state index contributed by atoms with van der Waals surface area (Å²) in [5, 5.41) is 2.90. The third-order valence-electron chi connectivity index (χ3n) is 1.08. The molecule has 2 nitrogen and oxygen atoms in total. The second-order valence-corrected chi connectivity index (χ2v) is 2.45. The van der Waals surface area contributed by atoms with E-state index in [0.717, 1.165) is 11.3 Å². The van der Waals surface area contributed by atoms with Crippen LogP contribution in [0.25, 0.3) is 0 Å². The van der Waals surface area contributed by atoms with E-state index in [2.05, 4.69) is 5.32 Å². The summed E-state index contributed by atoms with van der Waals surface area (Å²) in [5.41, 5.74) is 7.46. The van der Waals surface area contributed by atoms with Crippen molar-refractivity contribution in [2.45, 2.75) is 13.8 Å². The monoisotopic (exact) mass is 152 g/mol. The number of nitrogens with two attached hydrogens (primary N) is 1. The number of hydrogen-bond donors (Lipinski definition) is 2. The molecule has 0 aliphatic rings. The van der Waals surface area contributed by atoms with Gasteiger partial charge in [-0.2, -0.15) is 0 Å². The van der Waals surface area contributed by atoms with Crippen molar-refractivity contribution in [2.24, 2.45) is 5.73 Å². The van der Waals surface area contributed by atoms with Crippen molar-refractivity contribution in [2.75, 3.05) is 7.05 Å². The summed E-state index contributed by atoms with van der Waals surface area (Å²) in [7, 11) is 1.86. The van der Waals surface area contributed by atoms with Gasteiger partial charge in [0.15, 0.2) is 0 Å². The first-order chi connectivity index (χ1) is 5.16. The summed E-state index contributed by atoms with van der Waals surface area (Å²) in [6.45, 7) is 3.88. The zero-order valence-corrected chi connectivity index (χ0v) is 7.39. The van der Waals surface area contributed by atoms with Gasteiger partial charge in [-0.1, -0.05) is 6.08 Å². The SMILES string of the molecule is CN\C=C/C=C(C)/C=C(\C)N. The summed E-state index contributed by atoms with van der Waals surface area (Å²) >= 11 is 0. The van der Waals surface area contributed by atoms with Crippen molar-refractivity contribution in [3.8, 4) is 0 Å². The van der Waals surface area contributed by atoms with Crippen LogP contribution in [0.4, 0.5) is 0 Å². The van der Waals surface area contributed by atoms with Crippen LogP contribution in [0.1, 0.15) is 13.8 Å². The first kappa shape index (κ1) is 9.82. The first-order valence-corrected chi connectivity index (χ1v) is 3.61. The molecule has 11 heavy (non-hydrogen) atoms. The van der Waals surface area contributed by atoms with Crippen LogP contribution in [0.2, 0.25) is 0 Å². The Labute approximate surface area is 68.5 Å². The Kier molecular flexibility index (Phi) is 4.99. The Hall–Kier alpha value is -1.18. The maximum Gasteiger partial charge on any atom is 0.00515 e. The lowest BCUT2D eigenvalue weighted by Crippen LogP contribution is -1.91. The summed E-state index contributed by atoms with van der Waals surface area (Å²) in [6, 6.07) is 0. The fourth-order valence-corrected chi connectivity index (χ4v) is 0.703. The Morgan fingerprint density at radius 1 is 1.36 bits per heavy atom. The molecule has 0 fully saturated rings.